The predicted molar refractivity (Wildman–Crippen MR) is 118 cm³/mol. The number of hydrogen-bond donors (Lipinski definition) is 1. The number of benzene rings is 3. The number of carbonyl (C=O) groups is 3. The molecular formula is C24H16FN3O5. The van der Waals surface area contributed by atoms with E-state index < -0.39 is 22.8 Å². The number of urea groups is 1. The van der Waals surface area contributed by atoms with E-state index in [0.717, 1.165) is 17.2 Å². The van der Waals surface area contributed by atoms with Crippen LogP contribution in [-0.2, 0) is 16.0 Å². The Morgan fingerprint density at radius 3 is 2.36 bits per heavy atom. The summed E-state index contributed by atoms with van der Waals surface area (Å²) in [6, 6.07) is 17.2. The highest BCUT2D eigenvalue weighted by Gasteiger charge is 2.37. The second-order valence-electron chi connectivity index (χ2n) is 7.28. The topological polar surface area (TPSA) is 110 Å². The smallest absolute Gasteiger partial charge is 0.273 e. The Kier molecular flexibility index (Phi) is 5.77. The Hall–Kier alpha value is -4.66. The van der Waals surface area contributed by atoms with E-state index in [1.54, 1.807) is 30.3 Å². The minimum Gasteiger partial charge on any atom is -0.273 e. The van der Waals surface area contributed by atoms with Crippen molar-refractivity contribution in [1.29, 1.82) is 0 Å². The monoisotopic (exact) mass is 445 g/mol. The summed E-state index contributed by atoms with van der Waals surface area (Å²) in [6.07, 6.45) is 1.84. The van der Waals surface area contributed by atoms with Crippen molar-refractivity contribution in [3.05, 3.63) is 111 Å². The number of nitro benzene ring substituents is 1. The lowest BCUT2D eigenvalue weighted by Crippen LogP contribution is -2.54. The zero-order valence-electron chi connectivity index (χ0n) is 17.0. The van der Waals surface area contributed by atoms with Crippen LogP contribution in [0.2, 0.25) is 0 Å². The van der Waals surface area contributed by atoms with Crippen LogP contribution in [0.25, 0.3) is 6.08 Å². The lowest BCUT2D eigenvalue weighted by molar-refractivity contribution is -0.384. The zero-order valence-corrected chi connectivity index (χ0v) is 17.0. The highest BCUT2D eigenvalue weighted by molar-refractivity contribution is 6.39. The molecule has 1 fully saturated rings. The van der Waals surface area contributed by atoms with E-state index in [0.29, 0.717) is 16.9 Å². The molecule has 164 valence electrons. The molecule has 0 aromatic heterocycles. The quantitative estimate of drug-likeness (QED) is 0.276. The van der Waals surface area contributed by atoms with E-state index in [9.17, 15) is 28.9 Å². The van der Waals surface area contributed by atoms with Gasteiger partial charge in [-0.05, 0) is 47.4 Å². The van der Waals surface area contributed by atoms with Crippen LogP contribution in [0.5, 0.6) is 0 Å². The van der Waals surface area contributed by atoms with Crippen LogP contribution in [0, 0.1) is 15.9 Å². The van der Waals surface area contributed by atoms with E-state index in [4.69, 9.17) is 0 Å². The van der Waals surface area contributed by atoms with Gasteiger partial charge in [-0.1, -0.05) is 42.5 Å². The molecule has 0 radical (unpaired) electrons. The maximum atomic E-state index is 13.4. The van der Waals surface area contributed by atoms with Gasteiger partial charge in [-0.25, -0.2) is 14.1 Å². The first-order valence-corrected chi connectivity index (χ1v) is 9.81. The molecule has 0 aliphatic carbocycles. The van der Waals surface area contributed by atoms with Gasteiger partial charge in [-0.15, -0.1) is 0 Å². The highest BCUT2D eigenvalue weighted by atomic mass is 19.1. The van der Waals surface area contributed by atoms with Crippen LogP contribution < -0.4 is 10.2 Å². The molecule has 0 spiro atoms. The molecule has 1 heterocycles. The molecule has 3 aromatic rings. The Bertz CT molecular complexity index is 1320. The van der Waals surface area contributed by atoms with Gasteiger partial charge in [0.2, 0.25) is 0 Å². The van der Waals surface area contributed by atoms with E-state index in [1.165, 1.54) is 36.4 Å². The van der Waals surface area contributed by atoms with Gasteiger partial charge >= 0.3 is 6.03 Å². The summed E-state index contributed by atoms with van der Waals surface area (Å²) in [5.74, 6) is -2.08. The summed E-state index contributed by atoms with van der Waals surface area (Å²) < 4.78 is 13.4. The Balaban J connectivity index is 1.59. The van der Waals surface area contributed by atoms with Crippen molar-refractivity contribution >= 4 is 35.3 Å². The zero-order chi connectivity index (χ0) is 23.5. The molecular weight excluding hydrogens is 429 g/mol. The van der Waals surface area contributed by atoms with Crippen molar-refractivity contribution in [3.63, 3.8) is 0 Å². The number of nitrogens with zero attached hydrogens (tertiary/aromatic N) is 2. The summed E-state index contributed by atoms with van der Waals surface area (Å²) in [7, 11) is 0. The lowest BCUT2D eigenvalue weighted by Gasteiger charge is -2.26. The van der Waals surface area contributed by atoms with E-state index in [1.807, 2.05) is 6.07 Å². The molecule has 33 heavy (non-hydrogen) atoms. The summed E-state index contributed by atoms with van der Waals surface area (Å²) in [5.41, 5.74) is 1.60. The van der Waals surface area contributed by atoms with Crippen molar-refractivity contribution in [2.24, 2.45) is 0 Å². The Morgan fingerprint density at radius 1 is 0.939 bits per heavy atom. The van der Waals surface area contributed by atoms with Gasteiger partial charge in [0.1, 0.15) is 11.4 Å². The van der Waals surface area contributed by atoms with Crippen LogP contribution >= 0.6 is 0 Å². The van der Waals surface area contributed by atoms with Crippen molar-refractivity contribution in [1.82, 2.24) is 5.32 Å². The molecule has 0 atom stereocenters. The second-order valence-corrected chi connectivity index (χ2v) is 7.28. The number of non-ortho nitro benzene ring substituents is 1. The number of rotatable bonds is 5. The molecule has 3 aromatic carbocycles. The summed E-state index contributed by atoms with van der Waals surface area (Å²) in [6.45, 7) is 0. The molecule has 1 aliphatic heterocycles. The Labute approximate surface area is 187 Å². The number of amides is 4. The number of nitro groups is 1. The molecule has 4 rings (SSSR count). The first-order valence-electron chi connectivity index (χ1n) is 9.81. The van der Waals surface area contributed by atoms with Crippen molar-refractivity contribution < 1.29 is 23.7 Å². The van der Waals surface area contributed by atoms with E-state index >= 15 is 0 Å². The molecule has 1 saturated heterocycles. The van der Waals surface area contributed by atoms with Crippen molar-refractivity contribution in [2.75, 3.05) is 4.90 Å². The molecule has 1 aliphatic rings. The molecule has 0 bridgehead atoms. The molecule has 9 heteroatoms. The predicted octanol–water partition coefficient (Wildman–Crippen LogP) is 3.99. The second kappa shape index (κ2) is 8.83. The number of hydrogen-bond acceptors (Lipinski definition) is 5. The normalized spacial score (nSPS) is 15.0. The van der Waals surface area contributed by atoms with E-state index in [2.05, 4.69) is 5.32 Å². The fourth-order valence-electron chi connectivity index (χ4n) is 3.42. The summed E-state index contributed by atoms with van der Waals surface area (Å²) >= 11 is 0. The minimum atomic E-state index is -0.993. The maximum absolute atomic E-state index is 13.4. The van der Waals surface area contributed by atoms with Gasteiger partial charge in [0, 0.05) is 12.1 Å². The maximum Gasteiger partial charge on any atom is 0.335 e. The van der Waals surface area contributed by atoms with Crippen LogP contribution in [0.15, 0.2) is 78.4 Å². The van der Waals surface area contributed by atoms with E-state index in [-0.39, 0.29) is 22.8 Å². The first kappa shape index (κ1) is 21.6. The summed E-state index contributed by atoms with van der Waals surface area (Å²) in [4.78, 5) is 48.6. The molecule has 0 saturated carbocycles. The number of barbiturate groups is 1. The number of imide groups is 2. The number of nitrogens with one attached hydrogen (secondary N) is 1. The van der Waals surface area contributed by atoms with Gasteiger partial charge < -0.3 is 0 Å². The molecule has 1 N–H and O–H groups in total. The number of anilines is 1. The highest BCUT2D eigenvalue weighted by Crippen LogP contribution is 2.25. The van der Waals surface area contributed by atoms with Gasteiger partial charge in [0.15, 0.2) is 0 Å². The van der Waals surface area contributed by atoms with Gasteiger partial charge in [0.25, 0.3) is 17.5 Å². The average Bonchev–Trinajstić information content (AvgIpc) is 2.78. The van der Waals surface area contributed by atoms with Gasteiger partial charge in [-0.2, -0.15) is 0 Å². The van der Waals surface area contributed by atoms with Crippen LogP contribution in [0.3, 0.4) is 0 Å². The van der Waals surface area contributed by atoms with Gasteiger partial charge in [-0.3, -0.25) is 25.0 Å². The Morgan fingerprint density at radius 2 is 1.67 bits per heavy atom. The third-order valence-electron chi connectivity index (χ3n) is 4.99. The van der Waals surface area contributed by atoms with Crippen LogP contribution in [0.1, 0.15) is 16.7 Å². The van der Waals surface area contributed by atoms with Crippen molar-refractivity contribution in [2.45, 2.75) is 6.42 Å². The lowest BCUT2D eigenvalue weighted by atomic mass is 10.0. The average molecular weight is 445 g/mol. The third-order valence-corrected chi connectivity index (χ3v) is 4.99. The minimum absolute atomic E-state index is 0.0319. The summed E-state index contributed by atoms with van der Waals surface area (Å²) in [5, 5.41) is 13.1. The molecule has 0 unspecified atom stereocenters. The van der Waals surface area contributed by atoms with Gasteiger partial charge in [0.05, 0.1) is 10.6 Å². The standard InChI is InChI=1S/C24H16FN3O5/c25-18-4-1-3-17(12-18)11-15-7-9-16(10-8-15)13-21-22(29)26-24(31)27(23(21)30)19-5-2-6-20(14-19)28(32)33/h1-10,12-14H,11H2,(H,26,29,31)/b21-13+. The molecule has 8 nitrogen and oxygen atoms in total. The number of halogens is 1. The number of carbonyl (C=O) groups excluding carboxylic acids is 3. The first-order chi connectivity index (χ1) is 15.8. The third kappa shape index (κ3) is 4.67. The van der Waals surface area contributed by atoms with Crippen LogP contribution in [-0.4, -0.2) is 22.8 Å². The SMILES string of the molecule is O=C1NC(=O)N(c2cccc([N+](=O)[O-])c2)C(=O)/C1=C/c1ccc(Cc2cccc(F)c2)cc1. The van der Waals surface area contributed by atoms with Crippen LogP contribution in [0.4, 0.5) is 20.6 Å². The fourth-order valence-corrected chi connectivity index (χ4v) is 3.42. The largest absolute Gasteiger partial charge is 0.335 e. The molecule has 4 amide bonds. The van der Waals surface area contributed by atoms with Crippen molar-refractivity contribution in [3.8, 4) is 0 Å². The fraction of sp³-hybridized carbons (Fsp3) is 0.0417.